The number of aryl methyl sites for hydroxylation is 1. The van der Waals surface area contributed by atoms with Crippen molar-refractivity contribution in [2.45, 2.75) is 50.3 Å². The smallest absolute Gasteiger partial charge is 0.248 e. The number of carbonyl (C=O) groups excluding carboxylic acids is 1. The molecule has 0 unspecified atom stereocenters. The lowest BCUT2D eigenvalue weighted by atomic mass is 10.0. The van der Waals surface area contributed by atoms with Crippen LogP contribution in [0.3, 0.4) is 0 Å². The van der Waals surface area contributed by atoms with Gasteiger partial charge in [0, 0.05) is 30.5 Å². The van der Waals surface area contributed by atoms with Crippen LogP contribution in [0.4, 0.5) is 5.69 Å². The number of ether oxygens (including phenoxy) is 4. The van der Waals surface area contributed by atoms with Crippen LogP contribution in [0.5, 0.6) is 17.2 Å². The van der Waals surface area contributed by atoms with Crippen molar-refractivity contribution in [3.05, 3.63) is 90.5 Å². The fraction of sp³-hybridized carbons (Fsp3) is 0.333. The van der Waals surface area contributed by atoms with Crippen molar-refractivity contribution in [2.75, 3.05) is 39.4 Å². The van der Waals surface area contributed by atoms with Gasteiger partial charge in [-0.15, -0.1) is 0 Å². The Balaban J connectivity index is 1.39. The average molecular weight is 646 g/mol. The summed E-state index contributed by atoms with van der Waals surface area (Å²) in [6.45, 7) is 6.87. The van der Waals surface area contributed by atoms with Gasteiger partial charge in [-0.3, -0.25) is 4.79 Å². The van der Waals surface area contributed by atoms with Crippen LogP contribution in [0.25, 0.3) is 17.2 Å². The number of nitrogens with one attached hydrogen (secondary N) is 1. The Kier molecular flexibility index (Phi) is 13.6. The fourth-order valence-electron chi connectivity index (χ4n) is 4.76. The Morgan fingerprint density at radius 1 is 0.957 bits per heavy atom. The summed E-state index contributed by atoms with van der Waals surface area (Å²) in [5.74, 6) is 1.89. The van der Waals surface area contributed by atoms with Crippen molar-refractivity contribution in [2.24, 2.45) is 0 Å². The maximum absolute atomic E-state index is 12.9. The highest BCUT2D eigenvalue weighted by molar-refractivity contribution is 7.90. The van der Waals surface area contributed by atoms with E-state index >= 15 is 0 Å². The molecule has 0 aliphatic rings. The Morgan fingerprint density at radius 2 is 1.74 bits per heavy atom. The molecule has 244 valence electrons. The molecule has 1 aromatic heterocycles. The van der Waals surface area contributed by atoms with Gasteiger partial charge in [-0.05, 0) is 89.8 Å². The molecule has 1 N–H and O–H groups in total. The van der Waals surface area contributed by atoms with Crippen LogP contribution in [-0.2, 0) is 33.0 Å². The number of hydrogen-bond donors (Lipinski definition) is 1. The molecule has 46 heavy (non-hydrogen) atoms. The highest BCUT2D eigenvalue weighted by Gasteiger charge is 2.16. The molecule has 0 aliphatic carbocycles. The molecule has 0 spiro atoms. The Morgan fingerprint density at radius 3 is 2.43 bits per heavy atom. The van der Waals surface area contributed by atoms with Gasteiger partial charge in [-0.1, -0.05) is 32.4 Å². The van der Waals surface area contributed by atoms with Gasteiger partial charge in [-0.2, -0.15) is 0 Å². The van der Waals surface area contributed by atoms with E-state index < -0.39 is 11.2 Å². The zero-order chi connectivity index (χ0) is 32.7. The van der Waals surface area contributed by atoms with E-state index in [1.807, 2.05) is 41.0 Å². The highest BCUT2D eigenvalue weighted by atomic mass is 32.2. The zero-order valence-electron chi connectivity index (χ0n) is 27.0. The number of rotatable bonds is 18. The monoisotopic (exact) mass is 645 g/mol. The van der Waals surface area contributed by atoms with Gasteiger partial charge in [0.1, 0.15) is 12.4 Å². The summed E-state index contributed by atoms with van der Waals surface area (Å²) in [5, 5.41) is 2.87. The summed E-state index contributed by atoms with van der Waals surface area (Å²) in [4.78, 5) is 17.7. The van der Waals surface area contributed by atoms with E-state index in [1.165, 1.54) is 6.08 Å². The molecule has 1 heterocycles. The summed E-state index contributed by atoms with van der Waals surface area (Å²) < 4.78 is 37.6. The number of aromatic nitrogens is 2. The van der Waals surface area contributed by atoms with Crippen LogP contribution in [0.1, 0.15) is 44.4 Å². The van der Waals surface area contributed by atoms with Crippen molar-refractivity contribution in [3.63, 3.8) is 0 Å². The third-order valence-corrected chi connectivity index (χ3v) is 8.53. The van der Waals surface area contributed by atoms with E-state index in [2.05, 4.69) is 24.1 Å². The van der Waals surface area contributed by atoms with Gasteiger partial charge in [-0.25, -0.2) is 4.98 Å². The summed E-state index contributed by atoms with van der Waals surface area (Å²) in [6.07, 6.45) is 9.80. The lowest BCUT2D eigenvalue weighted by molar-refractivity contribution is -0.111. The molecule has 0 bridgehead atoms. The largest absolute Gasteiger partial charge is 0.611 e. The first kappa shape index (κ1) is 34.6. The van der Waals surface area contributed by atoms with Gasteiger partial charge in [0.15, 0.2) is 22.1 Å². The normalized spacial score (nSPS) is 11.8. The predicted molar refractivity (Wildman–Crippen MR) is 183 cm³/mol. The first-order valence-corrected chi connectivity index (χ1v) is 16.8. The van der Waals surface area contributed by atoms with Crippen molar-refractivity contribution < 1.29 is 28.3 Å². The number of carbonyl (C=O) groups is 1. The van der Waals surface area contributed by atoms with E-state index in [1.54, 1.807) is 57.1 Å². The van der Waals surface area contributed by atoms with E-state index in [-0.39, 0.29) is 5.91 Å². The second-order valence-electron chi connectivity index (χ2n) is 10.6. The molecule has 0 aliphatic heterocycles. The Labute approximate surface area is 274 Å². The van der Waals surface area contributed by atoms with E-state index in [0.717, 1.165) is 55.0 Å². The second kappa shape index (κ2) is 18.0. The number of benzene rings is 3. The van der Waals surface area contributed by atoms with Gasteiger partial charge < -0.3 is 33.4 Å². The van der Waals surface area contributed by atoms with Crippen LogP contribution in [0.15, 0.2) is 84.2 Å². The molecule has 0 saturated carbocycles. The van der Waals surface area contributed by atoms with Gasteiger partial charge in [0.25, 0.3) is 0 Å². The summed E-state index contributed by atoms with van der Waals surface area (Å²) in [7, 11) is 3.15. The zero-order valence-corrected chi connectivity index (χ0v) is 27.8. The lowest BCUT2D eigenvalue weighted by Crippen LogP contribution is -2.11. The molecule has 1 atom stereocenters. The van der Waals surface area contributed by atoms with Gasteiger partial charge in [0.05, 0.1) is 39.0 Å². The first-order valence-electron chi connectivity index (χ1n) is 15.5. The molecule has 4 aromatic rings. The molecule has 0 radical (unpaired) electrons. The Hall–Kier alpha value is -4.25. The van der Waals surface area contributed by atoms with Crippen LogP contribution < -0.4 is 19.5 Å². The van der Waals surface area contributed by atoms with Crippen molar-refractivity contribution in [3.8, 4) is 28.4 Å². The third kappa shape index (κ3) is 9.87. The topological polar surface area (TPSA) is 107 Å². The van der Waals surface area contributed by atoms with E-state index in [9.17, 15) is 9.35 Å². The first-order chi connectivity index (χ1) is 22.4. The molecule has 10 heteroatoms. The van der Waals surface area contributed by atoms with E-state index in [4.69, 9.17) is 18.9 Å². The molecule has 1 amide bonds. The molecule has 4 rings (SSSR count). The number of imidazole rings is 1. The minimum atomic E-state index is -1.23. The average Bonchev–Trinajstić information content (AvgIpc) is 3.51. The quantitative estimate of drug-likeness (QED) is 0.0697. The number of amides is 1. The molecule has 0 saturated heterocycles. The second-order valence-corrected chi connectivity index (χ2v) is 12.0. The fourth-order valence-corrected chi connectivity index (χ4v) is 5.88. The van der Waals surface area contributed by atoms with Crippen LogP contribution in [-0.4, -0.2) is 54.1 Å². The minimum Gasteiger partial charge on any atom is -0.611 e. The number of hydrogen-bond acceptors (Lipinski definition) is 7. The summed E-state index contributed by atoms with van der Waals surface area (Å²) in [5.41, 5.74) is 4.07. The number of nitrogens with zero attached hydrogens (tertiary/aromatic N) is 2. The number of anilines is 1. The van der Waals surface area contributed by atoms with Crippen molar-refractivity contribution >= 4 is 28.8 Å². The van der Waals surface area contributed by atoms with E-state index in [0.29, 0.717) is 46.6 Å². The van der Waals surface area contributed by atoms with Crippen molar-refractivity contribution in [1.82, 2.24) is 9.55 Å². The maximum Gasteiger partial charge on any atom is 0.248 e. The third-order valence-electron chi connectivity index (χ3n) is 7.17. The Bertz CT molecular complexity index is 1550. The van der Waals surface area contributed by atoms with Crippen LogP contribution >= 0.6 is 0 Å². The summed E-state index contributed by atoms with van der Waals surface area (Å²) >= 11 is -1.23. The maximum atomic E-state index is 12.9. The molecule has 0 fully saturated rings. The highest BCUT2D eigenvalue weighted by Crippen LogP contribution is 2.37. The predicted octanol–water partition coefficient (Wildman–Crippen LogP) is 7.13. The van der Waals surface area contributed by atoms with Crippen molar-refractivity contribution in [1.29, 1.82) is 0 Å². The standard InChI is InChI=1S/C36H43N3O6S/c1-5-7-19-44-20-21-45-32-13-8-27(9-14-32)29-22-28(36(43-4)34(23-29)42-3)10-17-35(40)38-30-11-15-33(16-12-30)46(41)25-31-24-37-26-39(31)18-6-2/h8-17,22-24,26H,5-7,18-21,25H2,1-4H3,(H,38,40)/b17-10+/t46-/m1/s1. The van der Waals surface area contributed by atoms with Crippen LogP contribution in [0.2, 0.25) is 0 Å². The molecule has 3 aromatic carbocycles. The lowest BCUT2D eigenvalue weighted by Gasteiger charge is -2.14. The van der Waals surface area contributed by atoms with Gasteiger partial charge >= 0.3 is 0 Å². The minimum absolute atomic E-state index is 0.316. The number of methoxy groups -OCH3 is 2. The van der Waals surface area contributed by atoms with Gasteiger partial charge in [0.2, 0.25) is 5.91 Å². The molecular weight excluding hydrogens is 602 g/mol. The summed E-state index contributed by atoms with van der Waals surface area (Å²) in [6, 6.07) is 18.7. The number of unbranched alkanes of at least 4 members (excludes halogenated alkanes) is 1. The molecular formula is C36H43N3O6S. The van der Waals surface area contributed by atoms with Crippen LogP contribution in [0, 0.1) is 0 Å². The SMILES string of the molecule is CCCCOCCOc1ccc(-c2cc(/C=C/C(=O)Nc3ccc([S@+]([O-])Cc4cncn4CCC)cc3)c(OC)c(OC)c2)cc1. The molecule has 9 nitrogen and oxygen atoms in total.